The standard InChI is InChI=1S/C15H20O/c1-15(2)10-13(9-14(11-15)16-3)12-7-5-4-6-8-12/h4-8,10,14H,9,11H2,1-3H3. The number of rotatable bonds is 2. The molecule has 0 saturated heterocycles. The molecule has 2 rings (SSSR count). The number of methoxy groups -OCH3 is 1. The third-order valence-electron chi connectivity index (χ3n) is 3.24. The van der Waals surface area contributed by atoms with Crippen molar-refractivity contribution in [3.05, 3.63) is 42.0 Å². The molecule has 16 heavy (non-hydrogen) atoms. The molecule has 0 bridgehead atoms. The Kier molecular flexibility index (Phi) is 3.15. The maximum atomic E-state index is 5.54. The summed E-state index contributed by atoms with van der Waals surface area (Å²) in [7, 11) is 1.81. The average Bonchev–Trinajstić information content (AvgIpc) is 2.28. The molecule has 0 N–H and O–H groups in total. The monoisotopic (exact) mass is 216 g/mol. The first-order chi connectivity index (χ1) is 7.61. The van der Waals surface area contributed by atoms with E-state index in [-0.39, 0.29) is 5.41 Å². The molecule has 0 radical (unpaired) electrons. The van der Waals surface area contributed by atoms with Gasteiger partial charge in [-0.3, -0.25) is 0 Å². The molecule has 0 amide bonds. The van der Waals surface area contributed by atoms with Crippen molar-refractivity contribution in [2.75, 3.05) is 7.11 Å². The average molecular weight is 216 g/mol. The summed E-state index contributed by atoms with van der Waals surface area (Å²) < 4.78 is 5.54. The van der Waals surface area contributed by atoms with Gasteiger partial charge in [0.2, 0.25) is 0 Å². The number of hydrogen-bond donors (Lipinski definition) is 0. The summed E-state index contributed by atoms with van der Waals surface area (Å²) in [6.45, 7) is 4.56. The zero-order valence-corrected chi connectivity index (χ0v) is 10.4. The minimum atomic E-state index is 0.240. The van der Waals surface area contributed by atoms with Gasteiger partial charge in [-0.1, -0.05) is 50.3 Å². The predicted octanol–water partition coefficient (Wildman–Crippen LogP) is 3.91. The van der Waals surface area contributed by atoms with Gasteiger partial charge in [-0.05, 0) is 29.4 Å². The Bertz CT molecular complexity index is 376. The zero-order valence-electron chi connectivity index (χ0n) is 10.4. The van der Waals surface area contributed by atoms with E-state index >= 15 is 0 Å². The van der Waals surface area contributed by atoms with Gasteiger partial charge in [0.25, 0.3) is 0 Å². The normalized spacial score (nSPS) is 23.9. The molecule has 1 aliphatic rings. The Morgan fingerprint density at radius 2 is 1.88 bits per heavy atom. The van der Waals surface area contributed by atoms with Gasteiger partial charge < -0.3 is 4.74 Å². The maximum absolute atomic E-state index is 5.54. The van der Waals surface area contributed by atoms with Crippen LogP contribution in [-0.2, 0) is 4.74 Å². The van der Waals surface area contributed by atoms with E-state index in [0.717, 1.165) is 12.8 Å². The number of ether oxygens (including phenoxy) is 1. The predicted molar refractivity (Wildman–Crippen MR) is 68.2 cm³/mol. The summed E-state index contributed by atoms with van der Waals surface area (Å²) in [5.41, 5.74) is 2.99. The molecule has 1 nitrogen and oxygen atoms in total. The highest BCUT2D eigenvalue weighted by atomic mass is 16.5. The van der Waals surface area contributed by atoms with Gasteiger partial charge in [-0.2, -0.15) is 0 Å². The first-order valence-electron chi connectivity index (χ1n) is 5.91. The topological polar surface area (TPSA) is 9.23 Å². The minimum Gasteiger partial charge on any atom is -0.381 e. The smallest absolute Gasteiger partial charge is 0.0619 e. The van der Waals surface area contributed by atoms with E-state index in [1.807, 2.05) is 7.11 Å². The van der Waals surface area contributed by atoms with Crippen molar-refractivity contribution in [3.63, 3.8) is 0 Å². The third kappa shape index (κ3) is 2.53. The van der Waals surface area contributed by atoms with Crippen LogP contribution in [0, 0.1) is 5.41 Å². The largest absolute Gasteiger partial charge is 0.381 e. The Hall–Kier alpha value is -1.08. The molecule has 0 spiro atoms. The van der Waals surface area contributed by atoms with Crippen molar-refractivity contribution in [1.82, 2.24) is 0 Å². The second-order valence-electron chi connectivity index (χ2n) is 5.29. The van der Waals surface area contributed by atoms with Gasteiger partial charge in [-0.15, -0.1) is 0 Å². The van der Waals surface area contributed by atoms with Crippen LogP contribution in [0.2, 0.25) is 0 Å². The number of benzene rings is 1. The van der Waals surface area contributed by atoms with Gasteiger partial charge in [-0.25, -0.2) is 0 Å². The summed E-state index contributed by atoms with van der Waals surface area (Å²) >= 11 is 0. The lowest BCUT2D eigenvalue weighted by molar-refractivity contribution is 0.0713. The lowest BCUT2D eigenvalue weighted by Gasteiger charge is -2.33. The van der Waals surface area contributed by atoms with Gasteiger partial charge >= 0.3 is 0 Å². The molecule has 1 aromatic carbocycles. The summed E-state index contributed by atoms with van der Waals surface area (Å²) in [5.74, 6) is 0. The highest BCUT2D eigenvalue weighted by Gasteiger charge is 2.28. The van der Waals surface area contributed by atoms with E-state index in [0.29, 0.717) is 6.10 Å². The van der Waals surface area contributed by atoms with Gasteiger partial charge in [0.1, 0.15) is 0 Å². The fourth-order valence-corrected chi connectivity index (χ4v) is 2.51. The summed E-state index contributed by atoms with van der Waals surface area (Å²) in [6.07, 6.45) is 4.90. The molecular formula is C15H20O. The molecule has 0 aliphatic heterocycles. The molecule has 86 valence electrons. The molecule has 1 unspecified atom stereocenters. The summed E-state index contributed by atoms with van der Waals surface area (Å²) in [5, 5.41) is 0. The van der Waals surface area contributed by atoms with Gasteiger partial charge in [0, 0.05) is 7.11 Å². The maximum Gasteiger partial charge on any atom is 0.0619 e. The number of hydrogen-bond acceptors (Lipinski definition) is 1. The first-order valence-corrected chi connectivity index (χ1v) is 5.91. The van der Waals surface area contributed by atoms with Crippen LogP contribution < -0.4 is 0 Å². The molecule has 0 saturated carbocycles. The molecule has 1 aliphatic carbocycles. The Labute approximate surface area is 98.1 Å². The molecule has 0 aromatic heterocycles. The summed E-state index contributed by atoms with van der Waals surface area (Å²) in [4.78, 5) is 0. The molecule has 0 fully saturated rings. The van der Waals surface area contributed by atoms with Crippen LogP contribution in [0.4, 0.5) is 0 Å². The molecule has 1 atom stereocenters. The lowest BCUT2D eigenvalue weighted by atomic mass is 9.76. The van der Waals surface area contributed by atoms with E-state index in [2.05, 4.69) is 50.3 Å². The molecular weight excluding hydrogens is 196 g/mol. The zero-order chi connectivity index (χ0) is 11.6. The fraction of sp³-hybridized carbons (Fsp3) is 0.467. The second kappa shape index (κ2) is 4.42. The Morgan fingerprint density at radius 1 is 1.19 bits per heavy atom. The van der Waals surface area contributed by atoms with Crippen molar-refractivity contribution in [3.8, 4) is 0 Å². The Balaban J connectivity index is 2.30. The fourth-order valence-electron chi connectivity index (χ4n) is 2.51. The van der Waals surface area contributed by atoms with E-state index < -0.39 is 0 Å². The van der Waals surface area contributed by atoms with E-state index in [1.54, 1.807) is 0 Å². The van der Waals surface area contributed by atoms with Crippen LogP contribution in [0.5, 0.6) is 0 Å². The van der Waals surface area contributed by atoms with Crippen molar-refractivity contribution < 1.29 is 4.74 Å². The first kappa shape index (κ1) is 11.4. The van der Waals surface area contributed by atoms with Crippen molar-refractivity contribution in [2.24, 2.45) is 5.41 Å². The SMILES string of the molecule is COC1CC(c2ccccc2)=CC(C)(C)C1. The Morgan fingerprint density at radius 3 is 2.50 bits per heavy atom. The van der Waals surface area contributed by atoms with Crippen LogP contribution in [0.3, 0.4) is 0 Å². The van der Waals surface area contributed by atoms with Crippen molar-refractivity contribution in [2.45, 2.75) is 32.8 Å². The van der Waals surface area contributed by atoms with E-state index in [1.165, 1.54) is 11.1 Å². The molecule has 0 heterocycles. The summed E-state index contributed by atoms with van der Waals surface area (Å²) in [6, 6.07) is 10.6. The van der Waals surface area contributed by atoms with Crippen LogP contribution in [0.1, 0.15) is 32.3 Å². The third-order valence-corrected chi connectivity index (χ3v) is 3.24. The van der Waals surface area contributed by atoms with Crippen LogP contribution in [0.25, 0.3) is 5.57 Å². The lowest BCUT2D eigenvalue weighted by Crippen LogP contribution is -2.25. The highest BCUT2D eigenvalue weighted by Crippen LogP contribution is 2.38. The highest BCUT2D eigenvalue weighted by molar-refractivity contribution is 5.67. The van der Waals surface area contributed by atoms with Crippen LogP contribution in [0.15, 0.2) is 36.4 Å². The van der Waals surface area contributed by atoms with E-state index in [9.17, 15) is 0 Å². The van der Waals surface area contributed by atoms with Crippen molar-refractivity contribution in [1.29, 1.82) is 0 Å². The van der Waals surface area contributed by atoms with Crippen LogP contribution in [-0.4, -0.2) is 13.2 Å². The van der Waals surface area contributed by atoms with E-state index in [4.69, 9.17) is 4.74 Å². The quantitative estimate of drug-likeness (QED) is 0.728. The van der Waals surface area contributed by atoms with Gasteiger partial charge in [0.05, 0.1) is 6.10 Å². The van der Waals surface area contributed by atoms with Crippen molar-refractivity contribution >= 4 is 5.57 Å². The number of allylic oxidation sites excluding steroid dienone is 1. The molecule has 1 heteroatoms. The minimum absolute atomic E-state index is 0.240. The van der Waals surface area contributed by atoms with Crippen LogP contribution >= 0.6 is 0 Å². The molecule has 1 aromatic rings. The van der Waals surface area contributed by atoms with Gasteiger partial charge in [0.15, 0.2) is 0 Å². The second-order valence-corrected chi connectivity index (χ2v) is 5.29.